The van der Waals surface area contributed by atoms with Crippen molar-refractivity contribution in [3.05, 3.63) is 64.4 Å². The van der Waals surface area contributed by atoms with Crippen LogP contribution in [-0.2, 0) is 11.3 Å². The Kier molecular flexibility index (Phi) is 3.03. The summed E-state index contributed by atoms with van der Waals surface area (Å²) in [6, 6.07) is 11.3. The fraction of sp³-hybridized carbons (Fsp3) is 0.0667. The lowest BCUT2D eigenvalue weighted by Crippen LogP contribution is -2.29. The second kappa shape index (κ2) is 4.72. The molecule has 100 valence electrons. The van der Waals surface area contributed by atoms with Gasteiger partial charge in [0.1, 0.15) is 5.82 Å². The summed E-state index contributed by atoms with van der Waals surface area (Å²) < 4.78 is 13.9. The number of ketones is 1. The lowest BCUT2D eigenvalue weighted by Gasteiger charge is -2.17. The number of carbonyl (C=O) groups excluding carboxylic acids is 2. The molecular formula is C15H9ClFNO2. The first kappa shape index (κ1) is 12.8. The van der Waals surface area contributed by atoms with Crippen LogP contribution >= 0.6 is 11.6 Å². The number of hydrogen-bond donors (Lipinski definition) is 0. The van der Waals surface area contributed by atoms with Crippen LogP contribution in [0.3, 0.4) is 0 Å². The summed E-state index contributed by atoms with van der Waals surface area (Å²) >= 11 is 5.72. The van der Waals surface area contributed by atoms with Crippen molar-refractivity contribution in [2.75, 3.05) is 4.90 Å². The van der Waals surface area contributed by atoms with Crippen molar-refractivity contribution in [1.82, 2.24) is 0 Å². The van der Waals surface area contributed by atoms with Crippen molar-refractivity contribution in [2.45, 2.75) is 6.54 Å². The molecule has 0 bridgehead atoms. The smallest absolute Gasteiger partial charge is 0.299 e. The van der Waals surface area contributed by atoms with E-state index in [1.165, 1.54) is 11.0 Å². The van der Waals surface area contributed by atoms with Crippen molar-refractivity contribution >= 4 is 29.0 Å². The Morgan fingerprint density at radius 1 is 1.05 bits per heavy atom. The maximum absolute atomic E-state index is 13.9. The Labute approximate surface area is 119 Å². The maximum atomic E-state index is 13.9. The van der Waals surface area contributed by atoms with E-state index in [9.17, 15) is 14.0 Å². The number of nitrogens with zero attached hydrogens (tertiary/aromatic N) is 1. The molecule has 0 fully saturated rings. The van der Waals surface area contributed by atoms with Gasteiger partial charge in [0, 0.05) is 5.56 Å². The molecular weight excluding hydrogens is 281 g/mol. The predicted octanol–water partition coefficient (Wildman–Crippen LogP) is 3.21. The average Bonchev–Trinajstić information content (AvgIpc) is 2.69. The molecule has 0 unspecified atom stereocenters. The van der Waals surface area contributed by atoms with E-state index in [0.29, 0.717) is 11.3 Å². The van der Waals surface area contributed by atoms with Gasteiger partial charge in [-0.1, -0.05) is 35.9 Å². The van der Waals surface area contributed by atoms with Crippen molar-refractivity contribution < 1.29 is 14.0 Å². The van der Waals surface area contributed by atoms with Crippen LogP contribution in [0.2, 0.25) is 5.02 Å². The van der Waals surface area contributed by atoms with E-state index in [0.717, 1.165) is 0 Å². The lowest BCUT2D eigenvalue weighted by molar-refractivity contribution is -0.114. The largest absolute Gasteiger partial charge is 0.300 e. The van der Waals surface area contributed by atoms with Gasteiger partial charge in [0.15, 0.2) is 0 Å². The summed E-state index contributed by atoms with van der Waals surface area (Å²) in [6.07, 6.45) is 0. The molecule has 0 radical (unpaired) electrons. The molecule has 0 spiro atoms. The number of para-hydroxylation sites is 1. The zero-order valence-corrected chi connectivity index (χ0v) is 11.0. The Morgan fingerprint density at radius 3 is 2.60 bits per heavy atom. The van der Waals surface area contributed by atoms with Crippen molar-refractivity contribution in [1.29, 1.82) is 0 Å². The van der Waals surface area contributed by atoms with Crippen LogP contribution in [0.15, 0.2) is 42.5 Å². The molecule has 0 N–H and O–H groups in total. The molecule has 0 aliphatic carbocycles. The number of anilines is 1. The normalized spacial score (nSPS) is 13.8. The highest BCUT2D eigenvalue weighted by Crippen LogP contribution is 2.31. The van der Waals surface area contributed by atoms with Crippen molar-refractivity contribution in [3.63, 3.8) is 0 Å². The first-order chi connectivity index (χ1) is 9.59. The van der Waals surface area contributed by atoms with Gasteiger partial charge in [-0.15, -0.1) is 0 Å². The number of hydrogen-bond acceptors (Lipinski definition) is 2. The third kappa shape index (κ3) is 1.89. The summed E-state index contributed by atoms with van der Waals surface area (Å²) in [6.45, 7) is -0.0199. The van der Waals surface area contributed by atoms with Crippen LogP contribution in [-0.4, -0.2) is 11.7 Å². The van der Waals surface area contributed by atoms with Gasteiger partial charge in [-0.3, -0.25) is 9.59 Å². The van der Waals surface area contributed by atoms with Crippen LogP contribution in [0.25, 0.3) is 0 Å². The van der Waals surface area contributed by atoms with E-state index in [-0.39, 0.29) is 17.1 Å². The first-order valence-corrected chi connectivity index (χ1v) is 6.35. The predicted molar refractivity (Wildman–Crippen MR) is 73.4 cm³/mol. The monoisotopic (exact) mass is 289 g/mol. The Bertz CT molecular complexity index is 730. The fourth-order valence-electron chi connectivity index (χ4n) is 2.25. The highest BCUT2D eigenvalue weighted by molar-refractivity contribution is 6.52. The third-order valence-electron chi connectivity index (χ3n) is 3.24. The van der Waals surface area contributed by atoms with Gasteiger partial charge in [-0.05, 0) is 18.2 Å². The van der Waals surface area contributed by atoms with E-state index >= 15 is 0 Å². The molecule has 0 atom stereocenters. The summed E-state index contributed by atoms with van der Waals surface area (Å²) in [7, 11) is 0. The molecule has 2 aromatic rings. The minimum atomic E-state index is -0.648. The Balaban J connectivity index is 2.01. The fourth-order valence-corrected chi connectivity index (χ4v) is 2.44. The zero-order chi connectivity index (χ0) is 14.3. The SMILES string of the molecule is O=C1C(=O)N(Cc2cccc(Cl)c2F)c2ccccc21. The quantitative estimate of drug-likeness (QED) is 0.796. The Morgan fingerprint density at radius 2 is 1.80 bits per heavy atom. The lowest BCUT2D eigenvalue weighted by atomic mass is 10.1. The number of benzene rings is 2. The average molecular weight is 290 g/mol. The summed E-state index contributed by atoms with van der Waals surface area (Å²) in [4.78, 5) is 25.1. The molecule has 2 aromatic carbocycles. The molecule has 3 nitrogen and oxygen atoms in total. The summed E-state index contributed by atoms with van der Waals surface area (Å²) in [5, 5.41) is -0.00578. The topological polar surface area (TPSA) is 37.4 Å². The number of carbonyl (C=O) groups is 2. The van der Waals surface area contributed by atoms with Gasteiger partial charge in [-0.25, -0.2) is 4.39 Å². The summed E-state index contributed by atoms with van der Waals surface area (Å²) in [5.74, 6) is -1.78. The minimum Gasteiger partial charge on any atom is -0.300 e. The number of fused-ring (bicyclic) bond motifs is 1. The molecule has 1 heterocycles. The van der Waals surface area contributed by atoms with Crippen molar-refractivity contribution in [2.24, 2.45) is 0 Å². The molecule has 1 aliphatic heterocycles. The van der Waals surface area contributed by atoms with E-state index in [4.69, 9.17) is 11.6 Å². The third-order valence-corrected chi connectivity index (χ3v) is 3.53. The number of Topliss-reactive ketones (excluding diaryl/α,β-unsaturated/α-hetero) is 1. The van der Waals surface area contributed by atoms with Crippen LogP contribution in [0.4, 0.5) is 10.1 Å². The standard InChI is InChI=1S/C15H9ClFNO2/c16-11-6-3-4-9(13(11)17)8-18-12-7-2-1-5-10(12)14(19)15(18)20/h1-7H,8H2. The Hall–Kier alpha value is -2.20. The molecule has 5 heteroatoms. The van der Waals surface area contributed by atoms with Gasteiger partial charge in [0.25, 0.3) is 11.7 Å². The number of halogens is 2. The molecule has 3 rings (SSSR count). The van der Waals surface area contributed by atoms with Gasteiger partial charge in [0.2, 0.25) is 0 Å². The minimum absolute atomic E-state index is 0.00578. The molecule has 1 amide bonds. The molecule has 0 aromatic heterocycles. The maximum Gasteiger partial charge on any atom is 0.299 e. The second-order valence-corrected chi connectivity index (χ2v) is 4.86. The zero-order valence-electron chi connectivity index (χ0n) is 10.3. The van der Waals surface area contributed by atoms with Crippen LogP contribution in [0.1, 0.15) is 15.9 Å². The first-order valence-electron chi connectivity index (χ1n) is 5.97. The number of rotatable bonds is 2. The van der Waals surface area contributed by atoms with Gasteiger partial charge in [0.05, 0.1) is 22.8 Å². The van der Waals surface area contributed by atoms with Crippen LogP contribution in [0.5, 0.6) is 0 Å². The molecule has 0 saturated carbocycles. The van der Waals surface area contributed by atoms with Crippen molar-refractivity contribution in [3.8, 4) is 0 Å². The van der Waals surface area contributed by atoms with E-state index < -0.39 is 17.5 Å². The number of amides is 1. The van der Waals surface area contributed by atoms with Gasteiger partial charge < -0.3 is 4.90 Å². The van der Waals surface area contributed by atoms with Crippen LogP contribution in [0, 0.1) is 5.82 Å². The van der Waals surface area contributed by atoms with E-state index in [1.54, 1.807) is 36.4 Å². The summed E-state index contributed by atoms with van der Waals surface area (Å²) in [5.41, 5.74) is 1.12. The highest BCUT2D eigenvalue weighted by atomic mass is 35.5. The van der Waals surface area contributed by atoms with E-state index in [2.05, 4.69) is 0 Å². The van der Waals surface area contributed by atoms with Gasteiger partial charge in [-0.2, -0.15) is 0 Å². The van der Waals surface area contributed by atoms with Gasteiger partial charge >= 0.3 is 0 Å². The second-order valence-electron chi connectivity index (χ2n) is 4.45. The molecule has 20 heavy (non-hydrogen) atoms. The van der Waals surface area contributed by atoms with E-state index in [1.807, 2.05) is 0 Å². The molecule has 0 saturated heterocycles. The van der Waals surface area contributed by atoms with Crippen LogP contribution < -0.4 is 4.90 Å². The molecule has 1 aliphatic rings. The highest BCUT2D eigenvalue weighted by Gasteiger charge is 2.35.